The zero-order valence-electron chi connectivity index (χ0n) is 12.7. The van der Waals surface area contributed by atoms with Crippen LogP contribution in [0.5, 0.6) is 0 Å². The van der Waals surface area contributed by atoms with E-state index in [4.69, 9.17) is 11.5 Å². The summed E-state index contributed by atoms with van der Waals surface area (Å²) in [5.41, 5.74) is 10.6. The average Bonchev–Trinajstić information content (AvgIpc) is 2.39. The van der Waals surface area contributed by atoms with E-state index in [1.807, 2.05) is 0 Å². The molecule has 0 spiro atoms. The molecule has 0 radical (unpaired) electrons. The molecule has 0 aliphatic carbocycles. The van der Waals surface area contributed by atoms with E-state index < -0.39 is 0 Å². The maximum Gasteiger partial charge on any atom is 0.0757 e. The third-order valence-corrected chi connectivity index (χ3v) is 3.84. The minimum absolute atomic E-state index is 0.824. The largest absolute Gasteiger partial charge is 0.330 e. The summed E-state index contributed by atoms with van der Waals surface area (Å²) in [6.45, 7) is 15.9. The number of hydrogen-bond acceptors (Lipinski definition) is 2. The number of nitrogens with two attached hydrogens (primary N) is 2. The molecule has 0 aliphatic rings. The second kappa shape index (κ2) is 13.9. The molecule has 106 valence electrons. The molecule has 0 fully saturated rings. The Labute approximate surface area is 109 Å². The molecule has 0 saturated heterocycles. The van der Waals surface area contributed by atoms with Crippen LogP contribution in [0.15, 0.2) is 0 Å². The van der Waals surface area contributed by atoms with E-state index in [1.165, 1.54) is 43.5 Å². The summed E-state index contributed by atoms with van der Waals surface area (Å²) in [7, 11) is 0. The highest BCUT2D eigenvalue weighted by atomic mass is 15.3. The van der Waals surface area contributed by atoms with Gasteiger partial charge in [-0.3, -0.25) is 0 Å². The Morgan fingerprint density at radius 2 is 0.882 bits per heavy atom. The Kier molecular flexibility index (Phi) is 15.8. The molecule has 3 heteroatoms. The van der Waals surface area contributed by atoms with Gasteiger partial charge in [0.25, 0.3) is 0 Å². The lowest BCUT2D eigenvalue weighted by Gasteiger charge is -2.34. The van der Waals surface area contributed by atoms with Gasteiger partial charge in [-0.2, -0.15) is 0 Å². The molecular weight excluding hydrogens is 210 g/mol. The Morgan fingerprint density at radius 3 is 1.00 bits per heavy atom. The van der Waals surface area contributed by atoms with Crippen molar-refractivity contribution in [2.75, 3.05) is 39.3 Å². The SMILES string of the molecule is CC[N+](CC)(CC)CC.NCCCCCCN. The third-order valence-electron chi connectivity index (χ3n) is 3.84. The summed E-state index contributed by atoms with van der Waals surface area (Å²) < 4.78 is 1.28. The van der Waals surface area contributed by atoms with Gasteiger partial charge in [-0.05, 0) is 53.6 Å². The van der Waals surface area contributed by atoms with Crippen molar-refractivity contribution in [3.05, 3.63) is 0 Å². The fraction of sp³-hybridized carbons (Fsp3) is 1.00. The Balaban J connectivity index is 0. The van der Waals surface area contributed by atoms with Crippen molar-refractivity contribution in [3.8, 4) is 0 Å². The van der Waals surface area contributed by atoms with Crippen LogP contribution in [0.1, 0.15) is 53.4 Å². The Hall–Kier alpha value is -0.120. The standard InChI is InChI=1S/C8H20N.C6H16N2/c1-5-9(6-2,7-3)8-4;7-5-3-1-2-4-6-8/h5-8H2,1-4H3;1-8H2/q+1;. The quantitative estimate of drug-likeness (QED) is 0.485. The summed E-state index contributed by atoms with van der Waals surface area (Å²) in [6, 6.07) is 0. The molecule has 0 bridgehead atoms. The van der Waals surface area contributed by atoms with Gasteiger partial charge in [-0.15, -0.1) is 0 Å². The average molecular weight is 246 g/mol. The molecule has 0 heterocycles. The highest BCUT2D eigenvalue weighted by Gasteiger charge is 2.16. The summed E-state index contributed by atoms with van der Waals surface area (Å²) in [5.74, 6) is 0. The number of rotatable bonds is 9. The first kappa shape index (κ1) is 19.2. The van der Waals surface area contributed by atoms with Crippen molar-refractivity contribution in [3.63, 3.8) is 0 Å². The van der Waals surface area contributed by atoms with E-state index in [2.05, 4.69) is 27.7 Å². The van der Waals surface area contributed by atoms with E-state index in [-0.39, 0.29) is 0 Å². The Bertz CT molecular complexity index is 110. The number of nitrogens with zero attached hydrogens (tertiary/aromatic N) is 1. The summed E-state index contributed by atoms with van der Waals surface area (Å²) in [4.78, 5) is 0. The molecule has 0 aromatic heterocycles. The molecule has 17 heavy (non-hydrogen) atoms. The van der Waals surface area contributed by atoms with E-state index in [1.54, 1.807) is 0 Å². The van der Waals surface area contributed by atoms with Gasteiger partial charge in [0.15, 0.2) is 0 Å². The van der Waals surface area contributed by atoms with Crippen LogP contribution in [0.25, 0.3) is 0 Å². The van der Waals surface area contributed by atoms with E-state index in [0.717, 1.165) is 25.9 Å². The lowest BCUT2D eigenvalue weighted by Crippen LogP contribution is -2.47. The van der Waals surface area contributed by atoms with Gasteiger partial charge in [0.1, 0.15) is 0 Å². The molecule has 0 atom stereocenters. The van der Waals surface area contributed by atoms with E-state index in [9.17, 15) is 0 Å². The molecule has 0 rings (SSSR count). The molecule has 0 aromatic rings. The third kappa shape index (κ3) is 10.7. The van der Waals surface area contributed by atoms with Gasteiger partial charge < -0.3 is 16.0 Å². The van der Waals surface area contributed by atoms with Gasteiger partial charge in [0.2, 0.25) is 0 Å². The van der Waals surface area contributed by atoms with Crippen LogP contribution in [0.3, 0.4) is 0 Å². The van der Waals surface area contributed by atoms with E-state index in [0.29, 0.717) is 0 Å². The summed E-state index contributed by atoms with van der Waals surface area (Å²) in [6.07, 6.45) is 4.79. The first-order valence-electron chi connectivity index (χ1n) is 7.41. The van der Waals surface area contributed by atoms with Crippen LogP contribution in [0.4, 0.5) is 0 Å². The van der Waals surface area contributed by atoms with Gasteiger partial charge in [-0.25, -0.2) is 0 Å². The minimum Gasteiger partial charge on any atom is -0.330 e. The van der Waals surface area contributed by atoms with Crippen molar-refractivity contribution in [2.45, 2.75) is 53.4 Å². The van der Waals surface area contributed by atoms with Crippen molar-refractivity contribution < 1.29 is 4.48 Å². The Morgan fingerprint density at radius 1 is 0.588 bits per heavy atom. The smallest absolute Gasteiger partial charge is 0.0757 e. The molecule has 3 nitrogen and oxygen atoms in total. The van der Waals surface area contributed by atoms with Crippen molar-refractivity contribution in [2.24, 2.45) is 11.5 Å². The van der Waals surface area contributed by atoms with Crippen molar-refractivity contribution >= 4 is 0 Å². The first-order chi connectivity index (χ1) is 8.16. The predicted molar refractivity (Wildman–Crippen MR) is 79.0 cm³/mol. The van der Waals surface area contributed by atoms with Crippen molar-refractivity contribution in [1.29, 1.82) is 0 Å². The molecule has 0 saturated carbocycles. The second-order valence-electron chi connectivity index (χ2n) is 4.60. The molecule has 0 aliphatic heterocycles. The predicted octanol–water partition coefficient (Wildman–Crippen LogP) is 2.35. The van der Waals surface area contributed by atoms with Crippen LogP contribution in [-0.4, -0.2) is 43.8 Å². The highest BCUT2D eigenvalue weighted by Crippen LogP contribution is 2.03. The second-order valence-corrected chi connectivity index (χ2v) is 4.60. The number of quaternary nitrogens is 1. The molecule has 0 aromatic carbocycles. The lowest BCUT2D eigenvalue weighted by molar-refractivity contribution is -0.921. The van der Waals surface area contributed by atoms with Crippen LogP contribution >= 0.6 is 0 Å². The van der Waals surface area contributed by atoms with Gasteiger partial charge in [-0.1, -0.05) is 12.8 Å². The van der Waals surface area contributed by atoms with Gasteiger partial charge >= 0.3 is 0 Å². The minimum atomic E-state index is 0.824. The maximum atomic E-state index is 5.28. The topological polar surface area (TPSA) is 52.0 Å². The molecule has 4 N–H and O–H groups in total. The van der Waals surface area contributed by atoms with Crippen LogP contribution < -0.4 is 11.5 Å². The van der Waals surface area contributed by atoms with Crippen LogP contribution in [-0.2, 0) is 0 Å². The van der Waals surface area contributed by atoms with Crippen molar-refractivity contribution in [1.82, 2.24) is 0 Å². The highest BCUT2D eigenvalue weighted by molar-refractivity contribution is 4.43. The maximum absolute atomic E-state index is 5.28. The zero-order valence-corrected chi connectivity index (χ0v) is 12.7. The van der Waals surface area contributed by atoms with Crippen LogP contribution in [0, 0.1) is 0 Å². The normalized spacial score (nSPS) is 10.9. The fourth-order valence-corrected chi connectivity index (χ4v) is 1.98. The van der Waals surface area contributed by atoms with E-state index >= 15 is 0 Å². The monoisotopic (exact) mass is 246 g/mol. The lowest BCUT2D eigenvalue weighted by atomic mass is 10.2. The summed E-state index contributed by atoms with van der Waals surface area (Å²) in [5, 5.41) is 0. The molecule has 0 unspecified atom stereocenters. The fourth-order valence-electron chi connectivity index (χ4n) is 1.98. The van der Waals surface area contributed by atoms with Gasteiger partial charge in [0, 0.05) is 0 Å². The summed E-state index contributed by atoms with van der Waals surface area (Å²) >= 11 is 0. The zero-order chi connectivity index (χ0) is 13.6. The van der Waals surface area contributed by atoms with Crippen LogP contribution in [0.2, 0.25) is 0 Å². The molecular formula is C14H36N3+. The molecule has 0 amide bonds. The van der Waals surface area contributed by atoms with Gasteiger partial charge in [0.05, 0.1) is 26.2 Å². The number of unbranched alkanes of at least 4 members (excludes halogenated alkanes) is 3. The number of hydrogen-bond donors (Lipinski definition) is 2. The first-order valence-corrected chi connectivity index (χ1v) is 7.41.